The van der Waals surface area contributed by atoms with E-state index in [0.717, 1.165) is 6.04 Å². The lowest BCUT2D eigenvalue weighted by Gasteiger charge is -2.19. The van der Waals surface area contributed by atoms with Crippen molar-refractivity contribution in [2.45, 2.75) is 79.3 Å². The highest BCUT2D eigenvalue weighted by atomic mass is 14.9. The van der Waals surface area contributed by atoms with Crippen molar-refractivity contribution in [3.05, 3.63) is 0 Å². The minimum Gasteiger partial charge on any atom is -0.312 e. The first-order valence-corrected chi connectivity index (χ1v) is 5.96. The summed E-state index contributed by atoms with van der Waals surface area (Å²) in [4.78, 5) is 0. The van der Waals surface area contributed by atoms with Gasteiger partial charge < -0.3 is 5.32 Å². The van der Waals surface area contributed by atoms with Crippen molar-refractivity contribution < 1.29 is 0 Å². The van der Waals surface area contributed by atoms with E-state index < -0.39 is 0 Å². The van der Waals surface area contributed by atoms with Crippen molar-refractivity contribution in [2.24, 2.45) is 0 Å². The highest BCUT2D eigenvalue weighted by molar-refractivity contribution is 4.67. The van der Waals surface area contributed by atoms with Crippen LogP contribution in [0.5, 0.6) is 0 Å². The zero-order chi connectivity index (χ0) is 10.7. The summed E-state index contributed by atoms with van der Waals surface area (Å²) in [6.07, 6.45) is 5.24. The Bertz CT molecular complexity index is 73.2. The largest absolute Gasteiger partial charge is 0.312 e. The zero-order valence-electron chi connectivity index (χ0n) is 10.5. The van der Waals surface area contributed by atoms with Gasteiger partial charge in [-0.2, -0.15) is 0 Å². The summed E-state index contributed by atoms with van der Waals surface area (Å²) in [5.41, 5.74) is 0. The van der Waals surface area contributed by atoms with E-state index in [1.165, 1.54) is 25.7 Å². The molecule has 1 heteroatoms. The summed E-state index contributed by atoms with van der Waals surface area (Å²) in [6, 6.07) is 1.39. The third-order valence-electron chi connectivity index (χ3n) is 1.84. The van der Waals surface area contributed by atoms with Gasteiger partial charge in [-0.25, -0.2) is 0 Å². The topological polar surface area (TPSA) is 12.0 Å². The summed E-state index contributed by atoms with van der Waals surface area (Å²) in [6.45, 7) is 13.0. The van der Waals surface area contributed by atoms with Gasteiger partial charge in [0.1, 0.15) is 0 Å². The molecule has 1 nitrogen and oxygen atoms in total. The van der Waals surface area contributed by atoms with Gasteiger partial charge >= 0.3 is 0 Å². The van der Waals surface area contributed by atoms with Gasteiger partial charge in [0, 0.05) is 12.1 Å². The van der Waals surface area contributed by atoms with Gasteiger partial charge in [0.2, 0.25) is 0 Å². The van der Waals surface area contributed by atoms with Gasteiger partial charge in [-0.3, -0.25) is 0 Å². The zero-order valence-corrected chi connectivity index (χ0v) is 10.5. The molecular weight excluding hydrogens is 158 g/mol. The maximum atomic E-state index is 3.58. The van der Waals surface area contributed by atoms with Gasteiger partial charge in [0.15, 0.2) is 0 Å². The van der Waals surface area contributed by atoms with Crippen LogP contribution in [-0.4, -0.2) is 12.1 Å². The molecule has 0 bridgehead atoms. The van der Waals surface area contributed by atoms with Gasteiger partial charge in [-0.1, -0.05) is 54.4 Å². The van der Waals surface area contributed by atoms with Gasteiger partial charge in [0.05, 0.1) is 0 Å². The van der Waals surface area contributed by atoms with Crippen molar-refractivity contribution in [3.63, 3.8) is 0 Å². The Morgan fingerprint density at radius 2 is 1.31 bits per heavy atom. The average Bonchev–Trinajstić information content (AvgIpc) is 2.08. The molecule has 0 aromatic carbocycles. The molecule has 0 aliphatic rings. The lowest BCUT2D eigenvalue weighted by atomic mass is 10.1. The fourth-order valence-corrected chi connectivity index (χ4v) is 1.48. The third kappa shape index (κ3) is 12.0. The maximum absolute atomic E-state index is 3.58. The van der Waals surface area contributed by atoms with E-state index in [-0.39, 0.29) is 0 Å². The van der Waals surface area contributed by atoms with Crippen LogP contribution in [0.15, 0.2) is 0 Å². The molecule has 0 aliphatic heterocycles. The SMILES string of the molecule is CC.CCCC(CCC)NC(C)C. The highest BCUT2D eigenvalue weighted by Crippen LogP contribution is 2.04. The molecule has 0 radical (unpaired) electrons. The first-order valence-electron chi connectivity index (χ1n) is 5.96. The van der Waals surface area contributed by atoms with E-state index in [1.54, 1.807) is 0 Å². The molecule has 0 unspecified atom stereocenters. The Balaban J connectivity index is 0. The Morgan fingerprint density at radius 3 is 1.54 bits per heavy atom. The summed E-state index contributed by atoms with van der Waals surface area (Å²) in [5.74, 6) is 0. The minimum absolute atomic E-state index is 0.637. The molecule has 0 aromatic rings. The standard InChI is InChI=1S/C10H23N.C2H6/c1-5-7-10(8-6-2)11-9(3)4;1-2/h9-11H,5-8H2,1-4H3;1-2H3. The van der Waals surface area contributed by atoms with Crippen molar-refractivity contribution in [1.82, 2.24) is 5.32 Å². The van der Waals surface area contributed by atoms with Crippen LogP contribution >= 0.6 is 0 Å². The Kier molecular flexibility index (Phi) is 14.2. The quantitative estimate of drug-likeness (QED) is 0.663. The van der Waals surface area contributed by atoms with Crippen LogP contribution in [0.1, 0.15) is 67.2 Å². The Labute approximate surface area is 85.3 Å². The molecule has 0 spiro atoms. The molecule has 0 rings (SSSR count). The Morgan fingerprint density at radius 1 is 0.923 bits per heavy atom. The molecule has 0 fully saturated rings. The van der Waals surface area contributed by atoms with Crippen molar-refractivity contribution in [1.29, 1.82) is 0 Å². The summed E-state index contributed by atoms with van der Waals surface area (Å²) in [5, 5.41) is 3.58. The lowest BCUT2D eigenvalue weighted by molar-refractivity contribution is 0.410. The van der Waals surface area contributed by atoms with Crippen LogP contribution in [0.2, 0.25) is 0 Å². The minimum atomic E-state index is 0.637. The van der Waals surface area contributed by atoms with E-state index in [1.807, 2.05) is 13.8 Å². The van der Waals surface area contributed by atoms with E-state index in [9.17, 15) is 0 Å². The second-order valence-electron chi connectivity index (χ2n) is 3.60. The molecular formula is C12H29N. The summed E-state index contributed by atoms with van der Waals surface area (Å²) < 4.78 is 0. The molecule has 0 aliphatic carbocycles. The van der Waals surface area contributed by atoms with Crippen LogP contribution in [0.4, 0.5) is 0 Å². The molecule has 13 heavy (non-hydrogen) atoms. The van der Waals surface area contributed by atoms with Crippen LogP contribution in [0.25, 0.3) is 0 Å². The molecule has 0 aromatic heterocycles. The molecule has 82 valence electrons. The summed E-state index contributed by atoms with van der Waals surface area (Å²) >= 11 is 0. The van der Waals surface area contributed by atoms with E-state index in [0.29, 0.717) is 6.04 Å². The van der Waals surface area contributed by atoms with Crippen molar-refractivity contribution >= 4 is 0 Å². The molecule has 0 saturated heterocycles. The van der Waals surface area contributed by atoms with Crippen LogP contribution < -0.4 is 5.32 Å². The average molecular weight is 187 g/mol. The first kappa shape index (κ1) is 15.4. The maximum Gasteiger partial charge on any atom is 0.00692 e. The second-order valence-corrected chi connectivity index (χ2v) is 3.60. The van der Waals surface area contributed by atoms with Crippen LogP contribution in [0, 0.1) is 0 Å². The van der Waals surface area contributed by atoms with Gasteiger partial charge in [0.25, 0.3) is 0 Å². The number of rotatable bonds is 6. The van der Waals surface area contributed by atoms with E-state index in [2.05, 4.69) is 33.0 Å². The number of hydrogen-bond donors (Lipinski definition) is 1. The van der Waals surface area contributed by atoms with E-state index >= 15 is 0 Å². The number of nitrogens with one attached hydrogen (secondary N) is 1. The predicted octanol–water partition coefficient (Wildman–Crippen LogP) is 3.98. The molecule has 0 amide bonds. The van der Waals surface area contributed by atoms with Gasteiger partial charge in [-0.15, -0.1) is 0 Å². The molecule has 1 N–H and O–H groups in total. The molecule has 0 atom stereocenters. The van der Waals surface area contributed by atoms with Gasteiger partial charge in [-0.05, 0) is 12.8 Å². The first-order chi connectivity index (χ1) is 6.20. The predicted molar refractivity (Wildman–Crippen MR) is 63.2 cm³/mol. The van der Waals surface area contributed by atoms with Crippen molar-refractivity contribution in [2.75, 3.05) is 0 Å². The smallest absolute Gasteiger partial charge is 0.00692 e. The lowest BCUT2D eigenvalue weighted by Crippen LogP contribution is -2.34. The fraction of sp³-hybridized carbons (Fsp3) is 1.00. The monoisotopic (exact) mass is 187 g/mol. The van der Waals surface area contributed by atoms with E-state index in [4.69, 9.17) is 0 Å². The molecule has 0 heterocycles. The van der Waals surface area contributed by atoms with Crippen LogP contribution in [0.3, 0.4) is 0 Å². The summed E-state index contributed by atoms with van der Waals surface area (Å²) in [7, 11) is 0. The second kappa shape index (κ2) is 12.0. The third-order valence-corrected chi connectivity index (χ3v) is 1.84. The van der Waals surface area contributed by atoms with Crippen LogP contribution in [-0.2, 0) is 0 Å². The molecule has 0 saturated carbocycles. The van der Waals surface area contributed by atoms with Crippen molar-refractivity contribution in [3.8, 4) is 0 Å². The fourth-order valence-electron chi connectivity index (χ4n) is 1.48. The highest BCUT2D eigenvalue weighted by Gasteiger charge is 2.06. The Hall–Kier alpha value is -0.0400. The number of hydrogen-bond acceptors (Lipinski definition) is 1. The normalized spacial score (nSPS) is 10.2.